The molecule has 0 aliphatic carbocycles. The Bertz CT molecular complexity index is 1250. The van der Waals surface area contributed by atoms with E-state index in [1.807, 2.05) is 48.5 Å². The van der Waals surface area contributed by atoms with Crippen molar-refractivity contribution < 1.29 is 4.39 Å². The molecule has 2 fully saturated rings. The molecule has 5 heteroatoms. The van der Waals surface area contributed by atoms with Crippen molar-refractivity contribution in [3.63, 3.8) is 0 Å². The van der Waals surface area contributed by atoms with E-state index in [9.17, 15) is 4.39 Å². The Morgan fingerprint density at radius 3 is 1.70 bits per heavy atom. The van der Waals surface area contributed by atoms with Crippen molar-refractivity contribution in [2.45, 2.75) is 0 Å². The maximum Gasteiger partial charge on any atom is 0.154 e. The standard InChI is InChI=1S/C16H17FN2.C16H18N2/c17-16-14(13-5-2-1-3-6-13)7-4-8-15(16)19-11-9-18-10-12-19;1-2-5-14(6-3-1)15-7-4-8-16(13-15)18-11-9-17-10-12-18/h1-8,18H,9-12H2;1-8,13,17H,9-12H2. The highest BCUT2D eigenvalue weighted by molar-refractivity contribution is 5.70. The van der Waals surface area contributed by atoms with E-state index in [2.05, 4.69) is 75.0 Å². The summed E-state index contributed by atoms with van der Waals surface area (Å²) in [4.78, 5) is 4.56. The molecule has 2 N–H and O–H groups in total. The van der Waals surface area contributed by atoms with Gasteiger partial charge >= 0.3 is 0 Å². The number of anilines is 2. The zero-order valence-electron chi connectivity index (χ0n) is 21.2. The number of hydrogen-bond acceptors (Lipinski definition) is 4. The van der Waals surface area contributed by atoms with E-state index in [1.165, 1.54) is 16.8 Å². The molecule has 4 nitrogen and oxygen atoms in total. The van der Waals surface area contributed by atoms with Gasteiger partial charge in [0.15, 0.2) is 5.82 Å². The zero-order chi connectivity index (χ0) is 25.3. The van der Waals surface area contributed by atoms with Gasteiger partial charge in [-0.05, 0) is 34.9 Å². The van der Waals surface area contributed by atoms with Crippen molar-refractivity contribution in [1.82, 2.24) is 10.6 Å². The topological polar surface area (TPSA) is 30.5 Å². The van der Waals surface area contributed by atoms with Gasteiger partial charge in [0.1, 0.15) is 0 Å². The van der Waals surface area contributed by atoms with E-state index in [-0.39, 0.29) is 5.82 Å². The number of nitrogens with one attached hydrogen (secondary N) is 2. The molecule has 0 radical (unpaired) electrons. The number of halogens is 1. The largest absolute Gasteiger partial charge is 0.369 e. The van der Waals surface area contributed by atoms with Gasteiger partial charge in [0.2, 0.25) is 0 Å². The summed E-state index contributed by atoms with van der Waals surface area (Å²) < 4.78 is 14.7. The predicted octanol–water partition coefficient (Wildman–Crippen LogP) is 5.67. The fraction of sp³-hybridized carbons (Fsp3) is 0.250. The van der Waals surface area contributed by atoms with E-state index in [1.54, 1.807) is 0 Å². The van der Waals surface area contributed by atoms with Crippen LogP contribution in [0.2, 0.25) is 0 Å². The second-order valence-electron chi connectivity index (χ2n) is 9.40. The van der Waals surface area contributed by atoms with Crippen LogP contribution in [0, 0.1) is 5.82 Å². The lowest BCUT2D eigenvalue weighted by Crippen LogP contribution is -2.43. The minimum atomic E-state index is -0.115. The third-order valence-corrected chi connectivity index (χ3v) is 6.96. The Morgan fingerprint density at radius 1 is 0.514 bits per heavy atom. The van der Waals surface area contributed by atoms with Crippen LogP contribution in [0.5, 0.6) is 0 Å². The molecule has 0 amide bonds. The Hall–Kier alpha value is -3.67. The summed E-state index contributed by atoms with van der Waals surface area (Å²) in [6.45, 7) is 7.88. The first-order chi connectivity index (χ1) is 18.3. The SMILES string of the molecule is Fc1c(-c2ccccc2)cccc1N1CCNCC1.c1ccc(-c2cccc(N3CCNCC3)c2)cc1. The van der Waals surface area contributed by atoms with Crippen LogP contribution in [-0.2, 0) is 0 Å². The van der Waals surface area contributed by atoms with Crippen LogP contribution in [0.1, 0.15) is 0 Å². The Kier molecular flexibility index (Phi) is 8.46. The van der Waals surface area contributed by atoms with Crippen LogP contribution in [0.15, 0.2) is 103 Å². The molecular formula is C32H35FN4. The van der Waals surface area contributed by atoms with Crippen molar-refractivity contribution in [3.05, 3.63) is 109 Å². The summed E-state index contributed by atoms with van der Waals surface area (Å²) in [5.74, 6) is -0.115. The molecule has 0 unspecified atom stereocenters. The molecule has 0 bridgehead atoms. The molecule has 2 aliphatic rings. The smallest absolute Gasteiger partial charge is 0.154 e. The van der Waals surface area contributed by atoms with Crippen molar-refractivity contribution in [1.29, 1.82) is 0 Å². The number of benzene rings is 4. The minimum Gasteiger partial charge on any atom is -0.369 e. The van der Waals surface area contributed by atoms with Crippen LogP contribution in [-0.4, -0.2) is 52.4 Å². The lowest BCUT2D eigenvalue weighted by Gasteiger charge is -2.30. The van der Waals surface area contributed by atoms with Crippen molar-refractivity contribution in [3.8, 4) is 22.3 Å². The van der Waals surface area contributed by atoms with Gasteiger partial charge in [-0.1, -0.05) is 84.9 Å². The fourth-order valence-corrected chi connectivity index (χ4v) is 4.95. The van der Waals surface area contributed by atoms with Crippen LogP contribution < -0.4 is 20.4 Å². The molecule has 4 aromatic rings. The van der Waals surface area contributed by atoms with Gasteiger partial charge in [-0.25, -0.2) is 4.39 Å². The molecule has 0 aromatic heterocycles. The molecule has 190 valence electrons. The highest BCUT2D eigenvalue weighted by atomic mass is 19.1. The first-order valence-corrected chi connectivity index (χ1v) is 13.2. The van der Waals surface area contributed by atoms with Gasteiger partial charge in [-0.2, -0.15) is 0 Å². The summed E-state index contributed by atoms with van der Waals surface area (Å²) >= 11 is 0. The Balaban J connectivity index is 0.000000152. The first-order valence-electron chi connectivity index (χ1n) is 13.2. The van der Waals surface area contributed by atoms with Crippen LogP contribution in [0.25, 0.3) is 22.3 Å². The summed E-state index contributed by atoms with van der Waals surface area (Å²) in [7, 11) is 0. The highest BCUT2D eigenvalue weighted by Crippen LogP contribution is 2.30. The Morgan fingerprint density at radius 2 is 1.05 bits per heavy atom. The van der Waals surface area contributed by atoms with Crippen LogP contribution >= 0.6 is 0 Å². The van der Waals surface area contributed by atoms with Gasteiger partial charge in [-0.3, -0.25) is 0 Å². The summed E-state index contributed by atoms with van der Waals surface area (Å²) in [6, 6.07) is 34.8. The number of nitrogens with zero attached hydrogens (tertiary/aromatic N) is 2. The second kappa shape index (κ2) is 12.5. The molecule has 2 heterocycles. The fourth-order valence-electron chi connectivity index (χ4n) is 4.95. The van der Waals surface area contributed by atoms with Gasteiger partial charge in [-0.15, -0.1) is 0 Å². The van der Waals surface area contributed by atoms with Crippen molar-refractivity contribution in [2.24, 2.45) is 0 Å². The lowest BCUT2D eigenvalue weighted by molar-refractivity contribution is 0.567. The van der Waals surface area contributed by atoms with E-state index < -0.39 is 0 Å². The molecule has 0 saturated carbocycles. The maximum atomic E-state index is 14.7. The zero-order valence-corrected chi connectivity index (χ0v) is 21.2. The molecule has 2 aliphatic heterocycles. The molecule has 37 heavy (non-hydrogen) atoms. The average molecular weight is 495 g/mol. The third-order valence-electron chi connectivity index (χ3n) is 6.96. The lowest BCUT2D eigenvalue weighted by atomic mass is 10.0. The van der Waals surface area contributed by atoms with Crippen molar-refractivity contribution in [2.75, 3.05) is 62.2 Å². The van der Waals surface area contributed by atoms with Gasteiger partial charge in [0.05, 0.1) is 5.69 Å². The minimum absolute atomic E-state index is 0.115. The highest BCUT2D eigenvalue weighted by Gasteiger charge is 2.17. The third kappa shape index (κ3) is 6.37. The molecular weight excluding hydrogens is 459 g/mol. The summed E-state index contributed by atoms with van der Waals surface area (Å²) in [6.07, 6.45) is 0. The molecule has 2 saturated heterocycles. The van der Waals surface area contributed by atoms with Gasteiger partial charge in [0, 0.05) is 63.6 Å². The van der Waals surface area contributed by atoms with E-state index in [0.717, 1.165) is 57.9 Å². The van der Waals surface area contributed by atoms with E-state index in [0.29, 0.717) is 11.3 Å². The Labute approximate surface area is 219 Å². The van der Waals surface area contributed by atoms with Crippen LogP contribution in [0.3, 0.4) is 0 Å². The molecule has 4 aromatic carbocycles. The monoisotopic (exact) mass is 494 g/mol. The quantitative estimate of drug-likeness (QED) is 0.383. The number of piperazine rings is 2. The van der Waals surface area contributed by atoms with E-state index in [4.69, 9.17) is 0 Å². The number of hydrogen-bond donors (Lipinski definition) is 2. The maximum absolute atomic E-state index is 14.7. The average Bonchev–Trinajstić information content (AvgIpc) is 2.99. The summed E-state index contributed by atoms with van der Waals surface area (Å²) in [5.41, 5.74) is 6.23. The van der Waals surface area contributed by atoms with Crippen molar-refractivity contribution >= 4 is 11.4 Å². The van der Waals surface area contributed by atoms with Crippen LogP contribution in [0.4, 0.5) is 15.8 Å². The second-order valence-corrected chi connectivity index (χ2v) is 9.40. The molecule has 0 spiro atoms. The number of rotatable bonds is 4. The van der Waals surface area contributed by atoms with Gasteiger partial charge in [0.25, 0.3) is 0 Å². The predicted molar refractivity (Wildman–Crippen MR) is 154 cm³/mol. The molecule has 6 rings (SSSR count). The molecule has 0 atom stereocenters. The first kappa shape index (κ1) is 25.0. The summed E-state index contributed by atoms with van der Waals surface area (Å²) in [5, 5.41) is 6.68. The van der Waals surface area contributed by atoms with Gasteiger partial charge < -0.3 is 20.4 Å². The normalized spacial score (nSPS) is 15.6. The van der Waals surface area contributed by atoms with E-state index >= 15 is 0 Å².